The van der Waals surface area contributed by atoms with E-state index in [-0.39, 0.29) is 62.0 Å². The summed E-state index contributed by atoms with van der Waals surface area (Å²) >= 11 is 0. The molecule has 10 nitrogen and oxygen atoms in total. The predicted octanol–water partition coefficient (Wildman–Crippen LogP) is -2.99. The first-order valence-electron chi connectivity index (χ1n) is 5.52. The second-order valence-corrected chi connectivity index (χ2v) is 4.00. The van der Waals surface area contributed by atoms with Crippen LogP contribution in [0.3, 0.4) is 0 Å². The predicted molar refractivity (Wildman–Crippen MR) is 72.0 cm³/mol. The molecule has 0 aliphatic heterocycles. The first-order valence-corrected chi connectivity index (χ1v) is 5.52. The van der Waals surface area contributed by atoms with Crippen LogP contribution in [-0.4, -0.2) is 142 Å². The monoisotopic (exact) mass is 432 g/mol. The quantitative estimate of drug-likeness (QED) is 0.249. The molecule has 0 aliphatic carbocycles. The summed E-state index contributed by atoms with van der Waals surface area (Å²) in [6.45, 7) is -2.25. The first-order chi connectivity index (χ1) is 9.20. The molecule has 0 fully saturated rings. The van der Waals surface area contributed by atoms with Crippen LogP contribution in [0.15, 0.2) is 0 Å². The summed E-state index contributed by atoms with van der Waals surface area (Å²) in [5.74, 6) is -4.91. The zero-order valence-electron chi connectivity index (χ0n) is 10.6. The molecule has 4 N–H and O–H groups in total. The van der Waals surface area contributed by atoms with Gasteiger partial charge in [0, 0.05) is 13.1 Å². The van der Waals surface area contributed by atoms with Crippen molar-refractivity contribution in [1.82, 2.24) is 9.80 Å². The Hall–Kier alpha value is -0.629. The zero-order chi connectivity index (χ0) is 15.7. The third-order valence-electron chi connectivity index (χ3n) is 2.17. The third-order valence-corrected chi connectivity index (χ3v) is 2.17. The van der Waals surface area contributed by atoms with Gasteiger partial charge >= 0.3 is 72.8 Å². The zero-order valence-corrected chi connectivity index (χ0v) is 10.6. The molecule has 0 aromatic rings. The van der Waals surface area contributed by atoms with Crippen LogP contribution in [-0.2, 0) is 19.2 Å². The van der Waals surface area contributed by atoms with Gasteiger partial charge in [-0.2, -0.15) is 0 Å². The van der Waals surface area contributed by atoms with E-state index < -0.39 is 50.1 Å². The van der Waals surface area contributed by atoms with E-state index in [0.29, 0.717) is 0 Å². The van der Waals surface area contributed by atoms with Crippen LogP contribution in [0.4, 0.5) is 0 Å². The summed E-state index contributed by atoms with van der Waals surface area (Å²) in [5, 5.41) is 34.5. The second kappa shape index (κ2) is 12.0. The number of hydrogen-bond donors (Lipinski definition) is 4. The Morgan fingerprint density at radius 1 is 0.571 bits per heavy atom. The Balaban J connectivity index is 0. The first kappa shape index (κ1) is 22.6. The van der Waals surface area contributed by atoms with Gasteiger partial charge in [-0.1, -0.05) is 0 Å². The van der Waals surface area contributed by atoms with Crippen molar-refractivity contribution in [2.75, 3.05) is 39.3 Å². The molecule has 0 radical (unpaired) electrons. The number of carboxylic acid groups (broad SMARTS) is 4. The molecule has 0 rings (SSSR count). The molecular weight excluding hydrogens is 413 g/mol. The van der Waals surface area contributed by atoms with Crippen molar-refractivity contribution >= 4 is 72.8 Å². The number of rotatable bonds is 11. The number of nitrogens with zero attached hydrogens (tertiary/aromatic N) is 2. The normalized spacial score (nSPS) is 10.2. The molecule has 0 atom stereocenters. The maximum atomic E-state index is 10.6. The van der Waals surface area contributed by atoms with Crippen LogP contribution < -0.4 is 0 Å². The maximum absolute atomic E-state index is 10.6. The summed E-state index contributed by atoms with van der Waals surface area (Å²) in [5.41, 5.74) is 0. The molecule has 0 aromatic heterocycles. The van der Waals surface area contributed by atoms with E-state index in [4.69, 9.17) is 20.4 Å². The molecule has 0 spiro atoms. The van der Waals surface area contributed by atoms with Gasteiger partial charge in [0.15, 0.2) is 0 Å². The summed E-state index contributed by atoms with van der Waals surface area (Å²) in [7, 11) is 0. The number of carbonyl (C=O) groups is 4. The Bertz CT molecular complexity index is 321. The number of hydrogen-bond acceptors (Lipinski definition) is 6. The van der Waals surface area contributed by atoms with E-state index in [2.05, 4.69) is 0 Å². The fourth-order valence-electron chi connectivity index (χ4n) is 1.48. The molecule has 0 unspecified atom stereocenters. The van der Waals surface area contributed by atoms with Gasteiger partial charge in [0.2, 0.25) is 0 Å². The Morgan fingerprint density at radius 2 is 0.762 bits per heavy atom. The van der Waals surface area contributed by atoms with Gasteiger partial charge in [0.25, 0.3) is 0 Å². The Labute approximate surface area is 160 Å². The van der Waals surface area contributed by atoms with Gasteiger partial charge in [0.05, 0.1) is 26.2 Å². The van der Waals surface area contributed by atoms with Crippen molar-refractivity contribution in [2.24, 2.45) is 0 Å². The van der Waals surface area contributed by atoms with E-state index in [1.165, 1.54) is 0 Å². The average molecular weight is 432 g/mol. The molecule has 0 heterocycles. The molecular formula is C10H18BaN2O8. The summed E-state index contributed by atoms with van der Waals surface area (Å²) in [4.78, 5) is 44.4. The van der Waals surface area contributed by atoms with Crippen LogP contribution >= 0.6 is 0 Å². The summed E-state index contributed by atoms with van der Waals surface area (Å²) < 4.78 is 0. The number of aliphatic carboxylic acids is 4. The van der Waals surface area contributed by atoms with Crippen molar-refractivity contribution in [3.63, 3.8) is 0 Å². The minimum absolute atomic E-state index is 0. The topological polar surface area (TPSA) is 156 Å². The van der Waals surface area contributed by atoms with Crippen LogP contribution in [0.25, 0.3) is 0 Å². The Morgan fingerprint density at radius 3 is 0.905 bits per heavy atom. The summed E-state index contributed by atoms with van der Waals surface area (Å²) in [6.07, 6.45) is 0. The molecule has 0 aliphatic rings. The molecule has 11 heteroatoms. The second-order valence-electron chi connectivity index (χ2n) is 4.00. The van der Waals surface area contributed by atoms with E-state index >= 15 is 0 Å². The number of carboxylic acids is 4. The van der Waals surface area contributed by atoms with Crippen LogP contribution in [0.5, 0.6) is 0 Å². The van der Waals surface area contributed by atoms with Gasteiger partial charge < -0.3 is 20.4 Å². The van der Waals surface area contributed by atoms with Gasteiger partial charge in [-0.3, -0.25) is 29.0 Å². The van der Waals surface area contributed by atoms with Crippen molar-refractivity contribution in [3.8, 4) is 0 Å². The average Bonchev–Trinajstić information content (AvgIpc) is 2.22. The van der Waals surface area contributed by atoms with Crippen LogP contribution in [0.1, 0.15) is 0 Å². The standard InChI is InChI=1S/C10H16N2O8.Ba.2H/c13-7(14)3-11(4-8(15)16)1-2-12(5-9(17)18)6-10(19)20;;;/h1-6H2,(H,13,14)(H,15,16)(H,17,18)(H,19,20);;;. The van der Waals surface area contributed by atoms with E-state index in [1.54, 1.807) is 0 Å². The van der Waals surface area contributed by atoms with Crippen LogP contribution in [0, 0.1) is 0 Å². The molecule has 0 bridgehead atoms. The fourth-order valence-corrected chi connectivity index (χ4v) is 1.48. The van der Waals surface area contributed by atoms with Crippen LogP contribution in [0.2, 0.25) is 0 Å². The van der Waals surface area contributed by atoms with Crippen molar-refractivity contribution in [2.45, 2.75) is 0 Å². The van der Waals surface area contributed by atoms with Crippen molar-refractivity contribution in [3.05, 3.63) is 0 Å². The molecule has 0 aromatic carbocycles. The third kappa shape index (κ3) is 14.1. The van der Waals surface area contributed by atoms with Gasteiger partial charge in [0.1, 0.15) is 0 Å². The van der Waals surface area contributed by atoms with Gasteiger partial charge in [-0.05, 0) is 0 Å². The van der Waals surface area contributed by atoms with Crippen molar-refractivity contribution < 1.29 is 39.6 Å². The SMILES string of the molecule is O=C(O)CN(CCN(CC(=O)O)CC(=O)O)CC(=O)O.[BaH2]. The van der Waals surface area contributed by atoms with E-state index in [0.717, 1.165) is 9.80 Å². The van der Waals surface area contributed by atoms with Gasteiger partial charge in [-0.25, -0.2) is 0 Å². The van der Waals surface area contributed by atoms with E-state index in [9.17, 15) is 19.2 Å². The molecule has 118 valence electrons. The van der Waals surface area contributed by atoms with Gasteiger partial charge in [-0.15, -0.1) is 0 Å². The van der Waals surface area contributed by atoms with E-state index in [1.807, 2.05) is 0 Å². The molecule has 0 amide bonds. The van der Waals surface area contributed by atoms with Crippen molar-refractivity contribution in [1.29, 1.82) is 0 Å². The Kier molecular flexibility index (Phi) is 12.9. The minimum atomic E-state index is -1.23. The fraction of sp³-hybridized carbons (Fsp3) is 0.600. The molecule has 0 saturated heterocycles. The summed E-state index contributed by atoms with van der Waals surface area (Å²) in [6, 6.07) is 0. The molecule has 0 saturated carbocycles. The molecule has 21 heavy (non-hydrogen) atoms.